The fraction of sp³-hybridized carbons (Fsp3) is 0.455. The molecular weight excluding hydrogens is 175 g/mol. The summed E-state index contributed by atoms with van der Waals surface area (Å²) in [6, 6.07) is 5.80. The van der Waals surface area contributed by atoms with E-state index in [1.165, 1.54) is 5.56 Å². The Morgan fingerprint density at radius 2 is 2.00 bits per heavy atom. The minimum absolute atomic E-state index is 0.531. The van der Waals surface area contributed by atoms with Crippen LogP contribution in [0.15, 0.2) is 18.2 Å². The maximum Gasteiger partial charge on any atom is 0.488 e. The largest absolute Gasteiger partial charge is 0.488 e. The third kappa shape index (κ3) is 1.37. The van der Waals surface area contributed by atoms with Gasteiger partial charge in [-0.2, -0.15) is 0 Å². The molecule has 0 heterocycles. The van der Waals surface area contributed by atoms with Gasteiger partial charge >= 0.3 is 7.12 Å². The summed E-state index contributed by atoms with van der Waals surface area (Å²) in [6.07, 6.45) is 0.963. The second-order valence-corrected chi connectivity index (χ2v) is 4.26. The van der Waals surface area contributed by atoms with E-state index in [2.05, 4.69) is 19.9 Å². The first-order valence-electron chi connectivity index (χ1n) is 5.09. The van der Waals surface area contributed by atoms with Gasteiger partial charge in [-0.15, -0.1) is 0 Å². The molecule has 0 bridgehead atoms. The zero-order valence-electron chi connectivity index (χ0n) is 8.57. The van der Waals surface area contributed by atoms with E-state index in [0.717, 1.165) is 12.0 Å². The molecule has 1 aromatic carbocycles. The van der Waals surface area contributed by atoms with Crippen molar-refractivity contribution < 1.29 is 10.0 Å². The molecule has 2 unspecified atom stereocenters. The molecular formula is C11H15BO2. The van der Waals surface area contributed by atoms with Gasteiger partial charge in [0.1, 0.15) is 0 Å². The van der Waals surface area contributed by atoms with Gasteiger partial charge in [-0.1, -0.05) is 32.0 Å². The lowest BCUT2D eigenvalue weighted by Gasteiger charge is -2.09. The summed E-state index contributed by atoms with van der Waals surface area (Å²) in [4.78, 5) is 0. The highest BCUT2D eigenvalue weighted by molar-refractivity contribution is 6.59. The van der Waals surface area contributed by atoms with Gasteiger partial charge < -0.3 is 10.0 Å². The molecule has 14 heavy (non-hydrogen) atoms. The monoisotopic (exact) mass is 190 g/mol. The molecule has 0 aromatic heterocycles. The maximum atomic E-state index is 9.22. The molecule has 1 aliphatic carbocycles. The van der Waals surface area contributed by atoms with Crippen LogP contribution in [0.2, 0.25) is 0 Å². The zero-order chi connectivity index (χ0) is 10.3. The van der Waals surface area contributed by atoms with Crippen molar-refractivity contribution in [2.75, 3.05) is 0 Å². The summed E-state index contributed by atoms with van der Waals surface area (Å²) in [5.41, 5.74) is 3.10. The van der Waals surface area contributed by atoms with Crippen molar-refractivity contribution in [2.24, 2.45) is 5.92 Å². The Morgan fingerprint density at radius 1 is 1.29 bits per heavy atom. The molecule has 0 saturated carbocycles. The topological polar surface area (TPSA) is 40.5 Å². The third-order valence-electron chi connectivity index (χ3n) is 3.40. The van der Waals surface area contributed by atoms with Gasteiger partial charge in [-0.25, -0.2) is 0 Å². The van der Waals surface area contributed by atoms with Crippen LogP contribution in [-0.2, 0) is 6.42 Å². The molecule has 3 heteroatoms. The Balaban J connectivity index is 2.50. The minimum Gasteiger partial charge on any atom is -0.423 e. The van der Waals surface area contributed by atoms with Crippen LogP contribution < -0.4 is 5.46 Å². The van der Waals surface area contributed by atoms with Crippen molar-refractivity contribution in [1.29, 1.82) is 0 Å². The van der Waals surface area contributed by atoms with Gasteiger partial charge in [0.25, 0.3) is 0 Å². The van der Waals surface area contributed by atoms with E-state index in [9.17, 15) is 10.0 Å². The summed E-state index contributed by atoms with van der Waals surface area (Å²) < 4.78 is 0. The third-order valence-corrected chi connectivity index (χ3v) is 3.40. The van der Waals surface area contributed by atoms with Crippen LogP contribution in [0, 0.1) is 5.92 Å². The van der Waals surface area contributed by atoms with Crippen molar-refractivity contribution in [1.82, 2.24) is 0 Å². The zero-order valence-corrected chi connectivity index (χ0v) is 8.57. The van der Waals surface area contributed by atoms with Gasteiger partial charge in [-0.3, -0.25) is 0 Å². The first-order valence-corrected chi connectivity index (χ1v) is 5.09. The summed E-state index contributed by atoms with van der Waals surface area (Å²) in [7, 11) is -1.33. The van der Waals surface area contributed by atoms with E-state index in [1.807, 2.05) is 6.07 Å². The Hall–Kier alpha value is -0.795. The normalized spacial score (nSPS) is 24.9. The van der Waals surface area contributed by atoms with Crippen molar-refractivity contribution in [3.8, 4) is 0 Å². The van der Waals surface area contributed by atoms with Gasteiger partial charge in [0.05, 0.1) is 0 Å². The Kier molecular flexibility index (Phi) is 2.37. The van der Waals surface area contributed by atoms with Crippen LogP contribution in [0.4, 0.5) is 0 Å². The van der Waals surface area contributed by atoms with Crippen LogP contribution in [0.1, 0.15) is 30.9 Å². The average Bonchev–Trinajstić information content (AvgIpc) is 2.43. The van der Waals surface area contributed by atoms with Crippen molar-refractivity contribution in [3.05, 3.63) is 29.3 Å². The molecule has 2 rings (SSSR count). The van der Waals surface area contributed by atoms with Crippen molar-refractivity contribution in [3.63, 3.8) is 0 Å². The Morgan fingerprint density at radius 3 is 2.64 bits per heavy atom. The maximum absolute atomic E-state index is 9.22. The standard InChI is InChI=1S/C11H15BO2/c1-7-6-10-9(8(7)2)4-3-5-11(10)12(13)14/h3-5,7-8,13-14H,6H2,1-2H3. The molecule has 2 N–H and O–H groups in total. The smallest absolute Gasteiger partial charge is 0.423 e. The molecule has 0 amide bonds. The predicted molar refractivity (Wildman–Crippen MR) is 57.6 cm³/mol. The predicted octanol–water partition coefficient (Wildman–Crippen LogP) is 0.662. The van der Waals surface area contributed by atoms with E-state index in [-0.39, 0.29) is 0 Å². The number of hydrogen-bond acceptors (Lipinski definition) is 2. The van der Waals surface area contributed by atoms with E-state index in [0.29, 0.717) is 17.3 Å². The number of hydrogen-bond donors (Lipinski definition) is 2. The lowest BCUT2D eigenvalue weighted by molar-refractivity contribution is 0.425. The molecule has 74 valence electrons. The van der Waals surface area contributed by atoms with Gasteiger partial charge in [-0.05, 0) is 34.8 Å². The van der Waals surface area contributed by atoms with Crippen molar-refractivity contribution in [2.45, 2.75) is 26.2 Å². The lowest BCUT2D eigenvalue weighted by Crippen LogP contribution is -2.33. The Labute approximate surface area is 84.7 Å². The second-order valence-electron chi connectivity index (χ2n) is 4.26. The summed E-state index contributed by atoms with van der Waals surface area (Å²) in [6.45, 7) is 4.40. The SMILES string of the molecule is CC1Cc2c(B(O)O)cccc2C1C. The van der Waals surface area contributed by atoms with Gasteiger partial charge in [0.2, 0.25) is 0 Å². The molecule has 0 fully saturated rings. The molecule has 0 radical (unpaired) electrons. The summed E-state index contributed by atoms with van der Waals surface area (Å²) in [5, 5.41) is 18.4. The van der Waals surface area contributed by atoms with Crippen LogP contribution in [0.3, 0.4) is 0 Å². The quantitative estimate of drug-likeness (QED) is 0.638. The summed E-state index contributed by atoms with van der Waals surface area (Å²) >= 11 is 0. The van der Waals surface area contributed by atoms with Crippen LogP contribution in [-0.4, -0.2) is 17.2 Å². The van der Waals surface area contributed by atoms with Crippen molar-refractivity contribution >= 4 is 12.6 Å². The van der Waals surface area contributed by atoms with Crippen LogP contribution in [0.5, 0.6) is 0 Å². The van der Waals surface area contributed by atoms with Crippen LogP contribution >= 0.6 is 0 Å². The highest BCUT2D eigenvalue weighted by Gasteiger charge is 2.29. The van der Waals surface area contributed by atoms with E-state index in [4.69, 9.17) is 0 Å². The minimum atomic E-state index is -1.33. The van der Waals surface area contributed by atoms with Gasteiger partial charge in [0, 0.05) is 0 Å². The number of rotatable bonds is 1. The molecule has 1 aromatic rings. The number of benzene rings is 1. The fourth-order valence-corrected chi connectivity index (χ4v) is 2.33. The first-order chi connectivity index (χ1) is 6.61. The van der Waals surface area contributed by atoms with E-state index >= 15 is 0 Å². The average molecular weight is 190 g/mol. The molecule has 0 aliphatic heterocycles. The molecule has 0 spiro atoms. The fourth-order valence-electron chi connectivity index (χ4n) is 2.33. The van der Waals surface area contributed by atoms with Crippen LogP contribution in [0.25, 0.3) is 0 Å². The second kappa shape index (κ2) is 3.41. The lowest BCUT2D eigenvalue weighted by atomic mass is 9.76. The molecule has 2 nitrogen and oxygen atoms in total. The molecule has 1 aliphatic rings. The van der Waals surface area contributed by atoms with E-state index < -0.39 is 7.12 Å². The highest BCUT2D eigenvalue weighted by Crippen LogP contribution is 2.36. The highest BCUT2D eigenvalue weighted by atomic mass is 16.4. The molecule has 0 saturated heterocycles. The Bertz CT molecular complexity index is 349. The van der Waals surface area contributed by atoms with E-state index in [1.54, 1.807) is 6.07 Å². The summed E-state index contributed by atoms with van der Waals surface area (Å²) in [5.74, 6) is 1.13. The molecule has 2 atom stereocenters. The number of fused-ring (bicyclic) bond motifs is 1. The van der Waals surface area contributed by atoms with Gasteiger partial charge in [0.15, 0.2) is 0 Å². The first kappa shape index (κ1) is 9.75.